The molecule has 120 valence electrons. The van der Waals surface area contributed by atoms with E-state index >= 15 is 0 Å². The quantitative estimate of drug-likeness (QED) is 0.687. The number of sulfonamides is 1. The van der Waals surface area contributed by atoms with Gasteiger partial charge in [0.2, 0.25) is 0 Å². The van der Waals surface area contributed by atoms with Crippen LogP contribution in [0.5, 0.6) is 0 Å². The van der Waals surface area contributed by atoms with Crippen molar-refractivity contribution < 1.29 is 8.42 Å². The Hall–Kier alpha value is -2.19. The molecule has 0 bridgehead atoms. The zero-order valence-electron chi connectivity index (χ0n) is 12.5. The van der Waals surface area contributed by atoms with Crippen molar-refractivity contribution in [3.63, 3.8) is 0 Å². The molecule has 0 N–H and O–H groups in total. The van der Waals surface area contributed by atoms with Crippen molar-refractivity contribution in [2.75, 3.05) is 4.31 Å². The van der Waals surface area contributed by atoms with Gasteiger partial charge in [-0.2, -0.15) is 16.4 Å². The SMILES string of the molecule is CCn1cc(S(=O)(=O)N(Cc2ccsc2)c2cccnc2)cn1. The fourth-order valence-corrected chi connectivity index (χ4v) is 4.20. The summed E-state index contributed by atoms with van der Waals surface area (Å²) in [6.45, 7) is 2.79. The molecule has 0 fully saturated rings. The van der Waals surface area contributed by atoms with Crippen LogP contribution >= 0.6 is 11.3 Å². The second-order valence-corrected chi connectivity index (χ2v) is 7.53. The standard InChI is InChI=1S/C15H16N4O2S2/c1-2-18-11-15(9-17-18)23(20,21)19(10-13-5-7-22-12-13)14-4-3-6-16-8-14/h3-9,11-12H,2,10H2,1H3. The highest BCUT2D eigenvalue weighted by atomic mass is 32.2. The Morgan fingerprint density at radius 1 is 1.30 bits per heavy atom. The van der Waals surface area contributed by atoms with E-state index in [1.807, 2.05) is 23.8 Å². The number of pyridine rings is 1. The first kappa shape index (κ1) is 15.7. The summed E-state index contributed by atoms with van der Waals surface area (Å²) in [5.41, 5.74) is 1.47. The van der Waals surface area contributed by atoms with Gasteiger partial charge in [-0.25, -0.2) is 8.42 Å². The maximum absolute atomic E-state index is 13.0. The van der Waals surface area contributed by atoms with E-state index in [9.17, 15) is 8.42 Å². The highest BCUT2D eigenvalue weighted by Gasteiger charge is 2.27. The first-order valence-electron chi connectivity index (χ1n) is 7.07. The highest BCUT2D eigenvalue weighted by molar-refractivity contribution is 7.92. The van der Waals surface area contributed by atoms with Crippen LogP contribution in [0.4, 0.5) is 5.69 Å². The van der Waals surface area contributed by atoms with Crippen LogP contribution < -0.4 is 4.31 Å². The van der Waals surface area contributed by atoms with E-state index < -0.39 is 10.0 Å². The lowest BCUT2D eigenvalue weighted by Gasteiger charge is -2.23. The predicted molar refractivity (Wildman–Crippen MR) is 89.8 cm³/mol. The van der Waals surface area contributed by atoms with Gasteiger partial charge in [0, 0.05) is 18.9 Å². The van der Waals surface area contributed by atoms with Crippen LogP contribution in [-0.2, 0) is 23.1 Å². The molecular weight excluding hydrogens is 332 g/mol. The fraction of sp³-hybridized carbons (Fsp3) is 0.200. The van der Waals surface area contributed by atoms with Crippen molar-refractivity contribution in [3.8, 4) is 0 Å². The van der Waals surface area contributed by atoms with Gasteiger partial charge in [0.05, 0.1) is 24.6 Å². The number of thiophene rings is 1. The first-order chi connectivity index (χ1) is 11.1. The molecule has 0 spiro atoms. The van der Waals surface area contributed by atoms with Crippen molar-refractivity contribution in [1.29, 1.82) is 0 Å². The molecular formula is C15H16N4O2S2. The average molecular weight is 348 g/mol. The van der Waals surface area contributed by atoms with Crippen LogP contribution in [0.3, 0.4) is 0 Å². The van der Waals surface area contributed by atoms with E-state index in [4.69, 9.17) is 0 Å². The molecule has 0 aliphatic heterocycles. The molecule has 0 radical (unpaired) electrons. The molecule has 0 saturated carbocycles. The Bertz CT molecular complexity index is 858. The summed E-state index contributed by atoms with van der Waals surface area (Å²) in [4.78, 5) is 4.22. The third kappa shape index (κ3) is 3.27. The van der Waals surface area contributed by atoms with Crippen LogP contribution in [0, 0.1) is 0 Å². The summed E-state index contributed by atoms with van der Waals surface area (Å²) in [6.07, 6.45) is 6.10. The molecule has 3 aromatic rings. The lowest BCUT2D eigenvalue weighted by Crippen LogP contribution is -2.30. The van der Waals surface area contributed by atoms with E-state index in [-0.39, 0.29) is 11.4 Å². The van der Waals surface area contributed by atoms with Gasteiger partial charge < -0.3 is 0 Å². The average Bonchev–Trinajstić information content (AvgIpc) is 3.25. The first-order valence-corrected chi connectivity index (χ1v) is 9.46. The lowest BCUT2D eigenvalue weighted by molar-refractivity contribution is 0.589. The Morgan fingerprint density at radius 2 is 2.17 bits per heavy atom. The van der Waals surface area contributed by atoms with Gasteiger partial charge in [-0.05, 0) is 41.4 Å². The largest absolute Gasteiger partial charge is 0.272 e. The second kappa shape index (κ2) is 6.51. The van der Waals surface area contributed by atoms with E-state index in [2.05, 4.69) is 10.1 Å². The van der Waals surface area contributed by atoms with E-state index in [0.29, 0.717) is 12.2 Å². The van der Waals surface area contributed by atoms with Crippen molar-refractivity contribution in [3.05, 3.63) is 59.3 Å². The molecule has 3 rings (SSSR count). The number of hydrogen-bond donors (Lipinski definition) is 0. The van der Waals surface area contributed by atoms with Crippen LogP contribution in [0.2, 0.25) is 0 Å². The van der Waals surface area contributed by atoms with Crippen LogP contribution in [0.25, 0.3) is 0 Å². The molecule has 8 heteroatoms. The Balaban J connectivity index is 2.03. The van der Waals surface area contributed by atoms with Crippen molar-refractivity contribution >= 4 is 27.0 Å². The highest BCUT2D eigenvalue weighted by Crippen LogP contribution is 2.25. The molecule has 6 nitrogen and oxygen atoms in total. The molecule has 0 saturated heterocycles. The summed E-state index contributed by atoms with van der Waals surface area (Å²) in [5.74, 6) is 0. The minimum absolute atomic E-state index is 0.179. The fourth-order valence-electron chi connectivity index (χ4n) is 2.14. The summed E-state index contributed by atoms with van der Waals surface area (Å²) in [5, 5.41) is 7.94. The minimum Gasteiger partial charge on any atom is -0.272 e. The van der Waals surface area contributed by atoms with Gasteiger partial charge >= 0.3 is 0 Å². The minimum atomic E-state index is -3.70. The lowest BCUT2D eigenvalue weighted by atomic mass is 10.3. The molecule has 0 unspecified atom stereocenters. The monoisotopic (exact) mass is 348 g/mol. The third-order valence-corrected chi connectivity index (χ3v) is 5.82. The van der Waals surface area contributed by atoms with E-state index in [1.165, 1.54) is 21.8 Å². The number of aromatic nitrogens is 3. The number of aryl methyl sites for hydroxylation is 1. The maximum Gasteiger partial charge on any atom is 0.267 e. The third-order valence-electron chi connectivity index (χ3n) is 3.36. The van der Waals surface area contributed by atoms with Gasteiger partial charge in [0.15, 0.2) is 0 Å². The maximum atomic E-state index is 13.0. The zero-order valence-corrected chi connectivity index (χ0v) is 14.2. The number of rotatable bonds is 6. The summed E-state index contributed by atoms with van der Waals surface area (Å²) >= 11 is 1.54. The molecule has 0 aliphatic rings. The molecule has 3 aromatic heterocycles. The van der Waals surface area contributed by atoms with Crippen molar-refractivity contribution in [2.24, 2.45) is 0 Å². The predicted octanol–water partition coefficient (Wildman–Crippen LogP) is 2.76. The van der Waals surface area contributed by atoms with Crippen LogP contribution in [0.1, 0.15) is 12.5 Å². The number of anilines is 1. The van der Waals surface area contributed by atoms with E-state index in [0.717, 1.165) is 5.56 Å². The number of nitrogens with zero attached hydrogens (tertiary/aromatic N) is 4. The van der Waals surface area contributed by atoms with Crippen molar-refractivity contribution in [1.82, 2.24) is 14.8 Å². The normalized spacial score (nSPS) is 11.5. The number of hydrogen-bond acceptors (Lipinski definition) is 5. The molecule has 0 aromatic carbocycles. The van der Waals surface area contributed by atoms with Crippen molar-refractivity contribution in [2.45, 2.75) is 24.9 Å². The van der Waals surface area contributed by atoms with E-state index in [1.54, 1.807) is 35.4 Å². The summed E-state index contributed by atoms with van der Waals surface area (Å²) in [7, 11) is -3.70. The topological polar surface area (TPSA) is 68.1 Å². The Morgan fingerprint density at radius 3 is 2.78 bits per heavy atom. The Kier molecular flexibility index (Phi) is 4.44. The molecule has 23 heavy (non-hydrogen) atoms. The van der Waals surface area contributed by atoms with Gasteiger partial charge in [-0.15, -0.1) is 0 Å². The van der Waals surface area contributed by atoms with Gasteiger partial charge in [-0.1, -0.05) is 0 Å². The summed E-state index contributed by atoms with van der Waals surface area (Å²) in [6, 6.07) is 5.38. The molecule has 0 atom stereocenters. The molecule has 3 heterocycles. The molecule has 0 amide bonds. The molecule has 0 aliphatic carbocycles. The van der Waals surface area contributed by atoms with Gasteiger partial charge in [0.25, 0.3) is 10.0 Å². The van der Waals surface area contributed by atoms with Crippen LogP contribution in [-0.4, -0.2) is 23.2 Å². The zero-order chi connectivity index (χ0) is 16.3. The van der Waals surface area contributed by atoms with Gasteiger partial charge in [-0.3, -0.25) is 14.0 Å². The summed E-state index contributed by atoms with van der Waals surface area (Å²) < 4.78 is 29.0. The van der Waals surface area contributed by atoms with Crippen LogP contribution in [0.15, 0.2) is 58.6 Å². The second-order valence-electron chi connectivity index (χ2n) is 4.89. The Labute approximate surface area is 139 Å². The van der Waals surface area contributed by atoms with Gasteiger partial charge in [0.1, 0.15) is 4.90 Å². The smallest absolute Gasteiger partial charge is 0.267 e.